The molecule has 0 radical (unpaired) electrons. The molecule has 4 nitrogen and oxygen atoms in total. The molecule has 1 atom stereocenters. The van der Waals surface area contributed by atoms with Gasteiger partial charge in [0.1, 0.15) is 0 Å². The number of nitrogens with one attached hydrogen (secondary N) is 2. The number of urea groups is 1. The number of thioether (sulfide) groups is 1. The van der Waals surface area contributed by atoms with Gasteiger partial charge in [-0.3, -0.25) is 0 Å². The van der Waals surface area contributed by atoms with Crippen molar-refractivity contribution in [3.63, 3.8) is 0 Å². The lowest BCUT2D eigenvalue weighted by Gasteiger charge is -2.18. The second kappa shape index (κ2) is 9.92. The summed E-state index contributed by atoms with van der Waals surface area (Å²) in [5.41, 5.74) is 0.996. The Balaban J connectivity index is 1.74. The maximum absolute atomic E-state index is 12.0. The highest BCUT2D eigenvalue weighted by Gasteiger charge is 2.13. The third kappa shape index (κ3) is 6.34. The zero-order chi connectivity index (χ0) is 16.3. The first-order valence-electron chi connectivity index (χ1n) is 7.67. The monoisotopic (exact) mass is 330 g/mol. The van der Waals surface area contributed by atoms with Gasteiger partial charge in [-0.2, -0.15) is 0 Å². The van der Waals surface area contributed by atoms with E-state index in [1.54, 1.807) is 11.8 Å². The molecule has 122 valence electrons. The van der Waals surface area contributed by atoms with Crippen LogP contribution in [0.25, 0.3) is 0 Å². The number of aliphatic hydroxyl groups is 1. The lowest BCUT2D eigenvalue weighted by molar-refractivity contribution is 0.230. The second-order valence-corrected chi connectivity index (χ2v) is 6.21. The molecule has 0 fully saturated rings. The second-order valence-electron chi connectivity index (χ2n) is 5.04. The van der Waals surface area contributed by atoms with E-state index in [1.807, 2.05) is 48.5 Å². The van der Waals surface area contributed by atoms with Crippen molar-refractivity contribution < 1.29 is 9.90 Å². The van der Waals surface area contributed by atoms with E-state index in [2.05, 4.69) is 22.8 Å². The normalized spacial score (nSPS) is 11.7. The Kier molecular flexibility index (Phi) is 7.49. The van der Waals surface area contributed by atoms with Crippen LogP contribution in [0.5, 0.6) is 0 Å². The number of hydrogen-bond donors (Lipinski definition) is 3. The molecule has 5 heteroatoms. The first kappa shape index (κ1) is 17.4. The lowest BCUT2D eigenvalue weighted by atomic mass is 10.0. The highest BCUT2D eigenvalue weighted by atomic mass is 32.2. The highest BCUT2D eigenvalue weighted by Crippen LogP contribution is 2.17. The Hall–Kier alpha value is -1.98. The molecule has 2 aromatic carbocycles. The van der Waals surface area contributed by atoms with E-state index in [-0.39, 0.29) is 18.7 Å². The zero-order valence-corrected chi connectivity index (χ0v) is 13.8. The molecule has 0 unspecified atom stereocenters. The molecule has 0 saturated carbocycles. The number of amides is 2. The maximum atomic E-state index is 12.0. The third-order valence-corrected chi connectivity index (χ3v) is 4.34. The van der Waals surface area contributed by atoms with Gasteiger partial charge in [-0.1, -0.05) is 48.5 Å². The Morgan fingerprint density at radius 1 is 1.04 bits per heavy atom. The molecule has 0 aromatic heterocycles. The van der Waals surface area contributed by atoms with Crippen LogP contribution >= 0.6 is 11.8 Å². The summed E-state index contributed by atoms with van der Waals surface area (Å²) >= 11 is 1.71. The standard InChI is InChI=1S/C18H22N2O2S/c21-13-11-17(15-7-3-1-4-8-15)20-18(22)19-12-14-23-16-9-5-2-6-10-16/h1-10,17,21H,11-14H2,(H2,19,20,22)/t17-/m1/s1. The SMILES string of the molecule is O=C(NCCSc1ccccc1)N[C@H](CCO)c1ccccc1. The van der Waals surface area contributed by atoms with Crippen molar-refractivity contribution in [2.75, 3.05) is 18.9 Å². The largest absolute Gasteiger partial charge is 0.396 e. The summed E-state index contributed by atoms with van der Waals surface area (Å²) in [5, 5.41) is 14.9. The smallest absolute Gasteiger partial charge is 0.315 e. The summed E-state index contributed by atoms with van der Waals surface area (Å²) in [6.45, 7) is 0.621. The number of aliphatic hydroxyl groups excluding tert-OH is 1. The number of benzene rings is 2. The Morgan fingerprint density at radius 3 is 2.35 bits per heavy atom. The quantitative estimate of drug-likeness (QED) is 0.514. The molecule has 0 aliphatic heterocycles. The van der Waals surface area contributed by atoms with E-state index in [0.717, 1.165) is 11.3 Å². The zero-order valence-electron chi connectivity index (χ0n) is 12.9. The van der Waals surface area contributed by atoms with Gasteiger partial charge in [-0.05, 0) is 24.1 Å². The molecule has 0 heterocycles. The van der Waals surface area contributed by atoms with E-state index < -0.39 is 0 Å². The van der Waals surface area contributed by atoms with Crippen molar-refractivity contribution in [3.8, 4) is 0 Å². The fraction of sp³-hybridized carbons (Fsp3) is 0.278. The molecule has 0 aliphatic carbocycles. The van der Waals surface area contributed by atoms with Crippen LogP contribution in [0.3, 0.4) is 0 Å². The minimum atomic E-state index is -0.207. The summed E-state index contributed by atoms with van der Waals surface area (Å²) in [7, 11) is 0. The molecular formula is C18H22N2O2S. The van der Waals surface area contributed by atoms with Crippen LogP contribution in [0.1, 0.15) is 18.0 Å². The molecule has 2 amide bonds. The minimum Gasteiger partial charge on any atom is -0.396 e. The molecule has 2 aromatic rings. The summed E-state index contributed by atoms with van der Waals surface area (Å²) in [5.74, 6) is 0.813. The molecule has 23 heavy (non-hydrogen) atoms. The maximum Gasteiger partial charge on any atom is 0.315 e. The highest BCUT2D eigenvalue weighted by molar-refractivity contribution is 7.99. The van der Waals surface area contributed by atoms with Crippen LogP contribution in [0.2, 0.25) is 0 Å². The van der Waals surface area contributed by atoms with Gasteiger partial charge in [0.15, 0.2) is 0 Å². The predicted molar refractivity (Wildman–Crippen MR) is 94.6 cm³/mol. The Labute approximate surface area is 141 Å². The third-order valence-electron chi connectivity index (χ3n) is 3.32. The fourth-order valence-corrected chi connectivity index (χ4v) is 2.99. The van der Waals surface area contributed by atoms with Crippen LogP contribution in [0, 0.1) is 0 Å². The fourth-order valence-electron chi connectivity index (χ4n) is 2.20. The van der Waals surface area contributed by atoms with E-state index in [4.69, 9.17) is 0 Å². The molecule has 0 aliphatic rings. The van der Waals surface area contributed by atoms with Crippen LogP contribution in [-0.2, 0) is 0 Å². The first-order valence-corrected chi connectivity index (χ1v) is 8.66. The van der Waals surface area contributed by atoms with Gasteiger partial charge in [0, 0.05) is 23.8 Å². The van der Waals surface area contributed by atoms with Gasteiger partial charge in [-0.15, -0.1) is 11.8 Å². The van der Waals surface area contributed by atoms with Crippen LogP contribution in [0.15, 0.2) is 65.6 Å². The van der Waals surface area contributed by atoms with Crippen molar-refractivity contribution in [1.29, 1.82) is 0 Å². The van der Waals surface area contributed by atoms with E-state index in [9.17, 15) is 9.90 Å². The molecule has 0 spiro atoms. The summed E-state index contributed by atoms with van der Waals surface area (Å²) in [6, 6.07) is 19.4. The molecule has 2 rings (SSSR count). The number of carbonyl (C=O) groups is 1. The van der Waals surface area contributed by atoms with Gasteiger partial charge < -0.3 is 15.7 Å². The summed E-state index contributed by atoms with van der Waals surface area (Å²) in [4.78, 5) is 13.2. The Morgan fingerprint density at radius 2 is 1.70 bits per heavy atom. The predicted octanol–water partition coefficient (Wildman–Crippen LogP) is 3.20. The van der Waals surface area contributed by atoms with Gasteiger partial charge in [0.05, 0.1) is 6.04 Å². The Bertz CT molecular complexity index is 578. The van der Waals surface area contributed by atoms with Gasteiger partial charge in [0.25, 0.3) is 0 Å². The van der Waals surface area contributed by atoms with Crippen molar-refractivity contribution in [2.24, 2.45) is 0 Å². The van der Waals surface area contributed by atoms with Crippen molar-refractivity contribution in [1.82, 2.24) is 10.6 Å². The van der Waals surface area contributed by atoms with Gasteiger partial charge in [-0.25, -0.2) is 4.79 Å². The van der Waals surface area contributed by atoms with Gasteiger partial charge in [0.2, 0.25) is 0 Å². The number of carbonyl (C=O) groups excluding carboxylic acids is 1. The number of rotatable bonds is 8. The van der Waals surface area contributed by atoms with E-state index in [0.29, 0.717) is 13.0 Å². The van der Waals surface area contributed by atoms with Crippen molar-refractivity contribution in [3.05, 3.63) is 66.2 Å². The number of hydrogen-bond acceptors (Lipinski definition) is 3. The van der Waals surface area contributed by atoms with Gasteiger partial charge >= 0.3 is 6.03 Å². The average Bonchev–Trinajstić information content (AvgIpc) is 2.60. The first-order chi connectivity index (χ1) is 11.3. The molecule has 3 N–H and O–H groups in total. The van der Waals surface area contributed by atoms with E-state index in [1.165, 1.54) is 4.90 Å². The summed E-state index contributed by atoms with van der Waals surface area (Å²) < 4.78 is 0. The van der Waals surface area contributed by atoms with Crippen molar-refractivity contribution in [2.45, 2.75) is 17.4 Å². The van der Waals surface area contributed by atoms with Crippen LogP contribution in [0.4, 0.5) is 4.79 Å². The molecular weight excluding hydrogens is 308 g/mol. The molecule has 0 bridgehead atoms. The lowest BCUT2D eigenvalue weighted by Crippen LogP contribution is -2.39. The topological polar surface area (TPSA) is 61.4 Å². The molecule has 0 saturated heterocycles. The summed E-state index contributed by atoms with van der Waals surface area (Å²) in [6.07, 6.45) is 0.496. The van der Waals surface area contributed by atoms with Crippen molar-refractivity contribution >= 4 is 17.8 Å². The average molecular weight is 330 g/mol. The van der Waals surface area contributed by atoms with Crippen LogP contribution < -0.4 is 10.6 Å². The van der Waals surface area contributed by atoms with E-state index >= 15 is 0 Å². The van der Waals surface area contributed by atoms with Crippen LogP contribution in [-0.4, -0.2) is 30.0 Å². The minimum absolute atomic E-state index is 0.0314.